The smallest absolute Gasteiger partial charge is 0.241 e. The average Bonchev–Trinajstić information content (AvgIpc) is 2.50. The lowest BCUT2D eigenvalue weighted by Crippen LogP contribution is -2.32. The van der Waals surface area contributed by atoms with Crippen molar-refractivity contribution in [2.75, 3.05) is 11.9 Å². The highest BCUT2D eigenvalue weighted by Gasteiger charge is 2.15. The third-order valence-electron chi connectivity index (χ3n) is 2.75. The zero-order valence-corrected chi connectivity index (χ0v) is 14.7. The number of benzene rings is 2. The maximum atomic E-state index is 13.0. The van der Waals surface area contributed by atoms with E-state index in [1.807, 2.05) is 0 Å². The van der Waals surface area contributed by atoms with Gasteiger partial charge < -0.3 is 5.32 Å². The second kappa shape index (κ2) is 7.39. The summed E-state index contributed by atoms with van der Waals surface area (Å²) in [4.78, 5) is 11.8. The predicted molar refractivity (Wildman–Crippen MR) is 89.4 cm³/mol. The van der Waals surface area contributed by atoms with Gasteiger partial charge in [0, 0.05) is 10.2 Å². The highest BCUT2D eigenvalue weighted by molar-refractivity contribution is 9.10. The molecule has 0 spiro atoms. The number of nitrogens with one attached hydrogen (secondary N) is 2. The Kier molecular flexibility index (Phi) is 5.74. The molecule has 5 nitrogen and oxygen atoms in total. The van der Waals surface area contributed by atoms with Gasteiger partial charge in [-0.15, -0.1) is 0 Å². The molecular weight excluding hydrogens is 411 g/mol. The maximum absolute atomic E-state index is 13.0. The Labute approximate surface area is 146 Å². The van der Waals surface area contributed by atoms with Gasteiger partial charge >= 0.3 is 0 Å². The zero-order chi connectivity index (χ0) is 17.0. The van der Waals surface area contributed by atoms with E-state index in [1.54, 1.807) is 12.1 Å². The van der Waals surface area contributed by atoms with Crippen LogP contribution in [0.25, 0.3) is 0 Å². The molecule has 0 aliphatic heterocycles. The minimum atomic E-state index is -3.80. The first-order valence-electron chi connectivity index (χ1n) is 6.28. The van der Waals surface area contributed by atoms with Gasteiger partial charge in [-0.2, -0.15) is 0 Å². The van der Waals surface area contributed by atoms with Crippen LogP contribution in [-0.4, -0.2) is 20.9 Å². The summed E-state index contributed by atoms with van der Waals surface area (Å²) in [5.74, 6) is -1.21. The molecule has 0 aliphatic rings. The Bertz CT molecular complexity index is 828. The van der Waals surface area contributed by atoms with Gasteiger partial charge in [0.05, 0.1) is 16.5 Å². The van der Waals surface area contributed by atoms with Crippen LogP contribution in [0.4, 0.5) is 10.1 Å². The summed E-state index contributed by atoms with van der Waals surface area (Å²) in [6, 6.07) is 9.63. The van der Waals surface area contributed by atoms with E-state index in [4.69, 9.17) is 11.6 Å². The molecule has 0 bridgehead atoms. The molecule has 0 saturated carbocycles. The van der Waals surface area contributed by atoms with Gasteiger partial charge in [0.1, 0.15) is 5.82 Å². The van der Waals surface area contributed by atoms with Crippen LogP contribution in [-0.2, 0) is 14.8 Å². The third kappa shape index (κ3) is 5.00. The standard InChI is InChI=1S/C14H11BrClFN2O3S/c15-9-1-4-11(5-2-9)23(21,22)18-8-14(20)19-10-3-6-13(17)12(16)7-10/h1-7,18H,8H2,(H,19,20). The van der Waals surface area contributed by atoms with Gasteiger partial charge in [0.25, 0.3) is 0 Å². The fourth-order valence-corrected chi connectivity index (χ4v) is 3.06. The summed E-state index contributed by atoms with van der Waals surface area (Å²) in [7, 11) is -3.80. The zero-order valence-electron chi connectivity index (χ0n) is 11.5. The monoisotopic (exact) mass is 420 g/mol. The van der Waals surface area contributed by atoms with Crippen molar-refractivity contribution >= 4 is 49.1 Å². The summed E-state index contributed by atoms with van der Waals surface area (Å²) in [5, 5.41) is 2.28. The summed E-state index contributed by atoms with van der Waals surface area (Å²) in [5.41, 5.74) is 0.268. The van der Waals surface area contributed by atoms with Crippen molar-refractivity contribution in [2.24, 2.45) is 0 Å². The minimum absolute atomic E-state index is 0.0401. The Hall–Kier alpha value is -1.48. The van der Waals surface area contributed by atoms with Crippen molar-refractivity contribution in [1.29, 1.82) is 0 Å². The molecule has 0 unspecified atom stereocenters. The minimum Gasteiger partial charge on any atom is -0.325 e. The highest BCUT2D eigenvalue weighted by atomic mass is 79.9. The number of hydrogen-bond acceptors (Lipinski definition) is 3. The van der Waals surface area contributed by atoms with E-state index in [9.17, 15) is 17.6 Å². The molecule has 0 heterocycles. The van der Waals surface area contributed by atoms with Gasteiger partial charge in [-0.1, -0.05) is 27.5 Å². The SMILES string of the molecule is O=C(CNS(=O)(=O)c1ccc(Br)cc1)Nc1ccc(F)c(Cl)c1. The predicted octanol–water partition coefficient (Wildman–Crippen LogP) is 3.16. The summed E-state index contributed by atoms with van der Waals surface area (Å²) in [6.45, 7) is -0.465. The number of halogens is 3. The van der Waals surface area contributed by atoms with E-state index >= 15 is 0 Å². The van der Waals surface area contributed by atoms with Crippen molar-refractivity contribution in [3.05, 3.63) is 57.8 Å². The van der Waals surface area contributed by atoms with Crippen LogP contribution >= 0.6 is 27.5 Å². The third-order valence-corrected chi connectivity index (χ3v) is 4.99. The van der Waals surface area contributed by atoms with Crippen LogP contribution in [0.2, 0.25) is 5.02 Å². The lowest BCUT2D eigenvalue weighted by atomic mass is 10.3. The highest BCUT2D eigenvalue weighted by Crippen LogP contribution is 2.19. The van der Waals surface area contributed by atoms with E-state index in [0.29, 0.717) is 0 Å². The van der Waals surface area contributed by atoms with Gasteiger partial charge in [-0.05, 0) is 42.5 Å². The van der Waals surface area contributed by atoms with Gasteiger partial charge in [-0.25, -0.2) is 17.5 Å². The molecule has 0 aliphatic carbocycles. The fraction of sp³-hybridized carbons (Fsp3) is 0.0714. The molecule has 0 saturated heterocycles. The van der Waals surface area contributed by atoms with Crippen LogP contribution in [0, 0.1) is 5.82 Å². The number of amides is 1. The Balaban J connectivity index is 1.98. The van der Waals surface area contributed by atoms with Crippen molar-refractivity contribution in [2.45, 2.75) is 4.90 Å². The Morgan fingerprint density at radius 3 is 2.43 bits per heavy atom. The Morgan fingerprint density at radius 1 is 1.17 bits per heavy atom. The molecule has 9 heteroatoms. The average molecular weight is 422 g/mol. The number of carbonyl (C=O) groups is 1. The van der Waals surface area contributed by atoms with Crippen molar-refractivity contribution in [3.63, 3.8) is 0 Å². The van der Waals surface area contributed by atoms with Gasteiger partial charge in [0.2, 0.25) is 15.9 Å². The van der Waals surface area contributed by atoms with E-state index in [-0.39, 0.29) is 15.6 Å². The first-order chi connectivity index (χ1) is 10.8. The largest absolute Gasteiger partial charge is 0.325 e. The lowest BCUT2D eigenvalue weighted by molar-refractivity contribution is -0.115. The van der Waals surface area contributed by atoms with Crippen LogP contribution in [0.1, 0.15) is 0 Å². The first-order valence-corrected chi connectivity index (χ1v) is 8.93. The van der Waals surface area contributed by atoms with Crippen molar-refractivity contribution in [1.82, 2.24) is 4.72 Å². The molecular formula is C14H11BrClFN2O3S. The molecule has 23 heavy (non-hydrogen) atoms. The molecule has 1 amide bonds. The first kappa shape index (κ1) is 17.9. The normalized spacial score (nSPS) is 11.3. The molecule has 0 aromatic heterocycles. The number of sulfonamides is 1. The molecule has 122 valence electrons. The van der Waals surface area contributed by atoms with Crippen LogP contribution < -0.4 is 10.0 Å². The molecule has 2 aromatic rings. The van der Waals surface area contributed by atoms with E-state index in [0.717, 1.165) is 10.5 Å². The van der Waals surface area contributed by atoms with E-state index in [1.165, 1.54) is 24.3 Å². The topological polar surface area (TPSA) is 75.3 Å². The number of hydrogen-bond donors (Lipinski definition) is 2. The fourth-order valence-electron chi connectivity index (χ4n) is 1.64. The lowest BCUT2D eigenvalue weighted by Gasteiger charge is -2.08. The molecule has 2 N–H and O–H groups in total. The quantitative estimate of drug-likeness (QED) is 0.779. The molecule has 0 radical (unpaired) electrons. The number of rotatable bonds is 5. The van der Waals surface area contributed by atoms with Gasteiger partial charge in [0.15, 0.2) is 0 Å². The summed E-state index contributed by atoms with van der Waals surface area (Å²) in [6.07, 6.45) is 0. The Morgan fingerprint density at radius 2 is 1.83 bits per heavy atom. The maximum Gasteiger partial charge on any atom is 0.241 e. The molecule has 0 atom stereocenters. The second-order valence-corrected chi connectivity index (χ2v) is 7.55. The van der Waals surface area contributed by atoms with Crippen LogP contribution in [0.3, 0.4) is 0 Å². The van der Waals surface area contributed by atoms with Crippen LogP contribution in [0.5, 0.6) is 0 Å². The number of carbonyl (C=O) groups excluding carboxylic acids is 1. The molecule has 2 rings (SSSR count). The molecule has 0 fully saturated rings. The van der Waals surface area contributed by atoms with Crippen molar-refractivity contribution < 1.29 is 17.6 Å². The number of anilines is 1. The molecule has 2 aromatic carbocycles. The summed E-state index contributed by atoms with van der Waals surface area (Å²) < 4.78 is 40.0. The second-order valence-electron chi connectivity index (χ2n) is 4.46. The van der Waals surface area contributed by atoms with Crippen LogP contribution in [0.15, 0.2) is 51.8 Å². The van der Waals surface area contributed by atoms with Crippen molar-refractivity contribution in [3.8, 4) is 0 Å². The summed E-state index contributed by atoms with van der Waals surface area (Å²) >= 11 is 8.80. The van der Waals surface area contributed by atoms with E-state index < -0.39 is 28.3 Å². The van der Waals surface area contributed by atoms with Gasteiger partial charge in [-0.3, -0.25) is 4.79 Å². The van der Waals surface area contributed by atoms with E-state index in [2.05, 4.69) is 26.0 Å².